The average Bonchev–Trinajstić information content (AvgIpc) is 2.95. The van der Waals surface area contributed by atoms with Crippen molar-refractivity contribution in [1.29, 1.82) is 0 Å². The molecule has 2 aromatic rings. The minimum Gasteiger partial charge on any atom is -0.612 e. The molecule has 1 aliphatic carbocycles. The number of nitro groups is 1. The molecule has 1 aliphatic rings. The first-order valence-corrected chi connectivity index (χ1v) is 6.69. The van der Waals surface area contributed by atoms with E-state index in [2.05, 4.69) is 15.1 Å². The summed E-state index contributed by atoms with van der Waals surface area (Å²) in [5.41, 5.74) is -0.582. The second-order valence-electron chi connectivity index (χ2n) is 4.94. The van der Waals surface area contributed by atoms with Crippen molar-refractivity contribution in [2.45, 2.75) is 5.92 Å². The van der Waals surface area contributed by atoms with Crippen LogP contribution in [-0.2, 0) is 0 Å². The van der Waals surface area contributed by atoms with Crippen LogP contribution in [0.1, 0.15) is 22.9 Å². The van der Waals surface area contributed by atoms with Gasteiger partial charge in [-0.25, -0.2) is 0 Å². The second-order valence-corrected chi connectivity index (χ2v) is 4.94. The molecule has 1 heterocycles. The van der Waals surface area contributed by atoms with Crippen LogP contribution >= 0.6 is 0 Å². The van der Waals surface area contributed by atoms with Gasteiger partial charge in [0.2, 0.25) is 5.69 Å². The number of rotatable bonds is 3. The average molecular weight is 332 g/mol. The minimum absolute atomic E-state index is 0.0357. The lowest BCUT2D eigenvalue weighted by Crippen LogP contribution is -2.36. The SMILES string of the molecule is CNc1ccc(C2C([N+](=O)[O-])=CC(=[N+]([O-])[O-])c3no[n+]([O-])c32)cc1. The molecular weight excluding hydrogens is 322 g/mol. The van der Waals surface area contributed by atoms with Crippen LogP contribution in [0.15, 0.2) is 40.7 Å². The summed E-state index contributed by atoms with van der Waals surface area (Å²) in [6.45, 7) is 0. The molecule has 0 radical (unpaired) electrons. The summed E-state index contributed by atoms with van der Waals surface area (Å²) in [7, 11) is 1.71. The zero-order valence-electron chi connectivity index (χ0n) is 12.2. The van der Waals surface area contributed by atoms with Gasteiger partial charge < -0.3 is 20.9 Å². The standard InChI is InChI=1S/C13H10N5O6/c1-14-8-4-2-7(3-5-8)11-9(16(19)20)6-10(17(21)22)12-13(11)18(23)24-15-12/h2-6,11,14H,1H3/q-1. The predicted octanol–water partition coefficient (Wildman–Crippen LogP) is 0.453. The third kappa shape index (κ3) is 2.27. The van der Waals surface area contributed by atoms with Gasteiger partial charge in [-0.3, -0.25) is 14.7 Å². The molecule has 1 atom stereocenters. The van der Waals surface area contributed by atoms with Gasteiger partial charge in [0.1, 0.15) is 5.92 Å². The molecule has 24 heavy (non-hydrogen) atoms. The summed E-state index contributed by atoms with van der Waals surface area (Å²) in [5, 5.41) is 51.8. The largest absolute Gasteiger partial charge is 0.612 e. The maximum absolute atomic E-state index is 11.9. The third-order valence-electron chi connectivity index (χ3n) is 3.68. The molecule has 11 nitrogen and oxygen atoms in total. The van der Waals surface area contributed by atoms with Crippen molar-refractivity contribution in [1.82, 2.24) is 5.16 Å². The Morgan fingerprint density at radius 3 is 2.46 bits per heavy atom. The first-order chi connectivity index (χ1) is 11.4. The third-order valence-corrected chi connectivity index (χ3v) is 3.68. The highest BCUT2D eigenvalue weighted by Gasteiger charge is 2.46. The van der Waals surface area contributed by atoms with Crippen molar-refractivity contribution in [2.24, 2.45) is 0 Å². The van der Waals surface area contributed by atoms with E-state index >= 15 is 0 Å². The molecule has 124 valence electrons. The smallest absolute Gasteiger partial charge is 0.318 e. The van der Waals surface area contributed by atoms with E-state index in [-0.39, 0.29) is 16.3 Å². The van der Waals surface area contributed by atoms with E-state index in [0.29, 0.717) is 5.56 Å². The van der Waals surface area contributed by atoms with Crippen LogP contribution in [0.2, 0.25) is 0 Å². The summed E-state index contributed by atoms with van der Waals surface area (Å²) in [5.74, 6) is -1.13. The Morgan fingerprint density at radius 2 is 1.92 bits per heavy atom. The van der Waals surface area contributed by atoms with E-state index in [1.807, 2.05) is 0 Å². The number of hydrogen-bond donors (Lipinski definition) is 1. The number of nitrogens with zero attached hydrogens (tertiary/aromatic N) is 4. The van der Waals surface area contributed by atoms with Crippen molar-refractivity contribution in [3.05, 3.63) is 78.7 Å². The molecular formula is C13H10N5O6-. The molecule has 0 amide bonds. The number of aromatic nitrogens is 2. The van der Waals surface area contributed by atoms with E-state index in [0.717, 1.165) is 11.8 Å². The fourth-order valence-corrected chi connectivity index (χ4v) is 2.58. The molecule has 0 aliphatic heterocycles. The van der Waals surface area contributed by atoms with Crippen LogP contribution in [0.3, 0.4) is 0 Å². The Labute approximate surface area is 134 Å². The van der Waals surface area contributed by atoms with Gasteiger partial charge in [-0.15, -0.1) is 0 Å². The summed E-state index contributed by atoms with van der Waals surface area (Å²) in [6.07, 6.45) is 0.807. The first-order valence-electron chi connectivity index (χ1n) is 6.69. The highest BCUT2D eigenvalue weighted by molar-refractivity contribution is 6.06. The van der Waals surface area contributed by atoms with Crippen molar-refractivity contribution in [3.8, 4) is 0 Å². The molecule has 11 heteroatoms. The van der Waals surface area contributed by atoms with Gasteiger partial charge in [0.05, 0.1) is 16.2 Å². The Hall–Kier alpha value is -3.63. The van der Waals surface area contributed by atoms with Crippen molar-refractivity contribution in [3.63, 3.8) is 0 Å². The van der Waals surface area contributed by atoms with Crippen LogP contribution in [0.5, 0.6) is 0 Å². The molecule has 0 fully saturated rings. The van der Waals surface area contributed by atoms with Crippen molar-refractivity contribution >= 4 is 11.4 Å². The van der Waals surface area contributed by atoms with E-state index in [9.17, 15) is 25.7 Å². The molecule has 1 unspecified atom stereocenters. The number of benzene rings is 1. The van der Waals surface area contributed by atoms with Crippen LogP contribution in [0.4, 0.5) is 5.69 Å². The van der Waals surface area contributed by atoms with Crippen molar-refractivity contribution in [2.75, 3.05) is 12.4 Å². The van der Waals surface area contributed by atoms with Gasteiger partial charge >= 0.3 is 5.69 Å². The second kappa shape index (κ2) is 5.53. The van der Waals surface area contributed by atoms with E-state index in [1.54, 1.807) is 31.3 Å². The summed E-state index contributed by atoms with van der Waals surface area (Å²) in [4.78, 5) is 9.77. The summed E-state index contributed by atoms with van der Waals surface area (Å²) >= 11 is 0. The Kier molecular flexibility index (Phi) is 3.52. The Balaban J connectivity index is 2.25. The molecule has 0 bridgehead atoms. The highest BCUT2D eigenvalue weighted by Crippen LogP contribution is 2.36. The van der Waals surface area contributed by atoms with Crippen molar-refractivity contribution < 1.29 is 19.4 Å². The summed E-state index contributed by atoms with van der Waals surface area (Å²) in [6, 6.07) is 6.51. The zero-order valence-corrected chi connectivity index (χ0v) is 12.2. The zero-order chi connectivity index (χ0) is 17.4. The van der Waals surface area contributed by atoms with Gasteiger partial charge in [0.25, 0.3) is 11.4 Å². The van der Waals surface area contributed by atoms with E-state index in [1.165, 1.54) is 0 Å². The molecule has 0 saturated carbocycles. The number of hydrogen-bond acceptors (Lipinski definition) is 8. The van der Waals surface area contributed by atoms with Gasteiger partial charge in [-0.1, -0.05) is 12.1 Å². The first kappa shape index (κ1) is 15.3. The van der Waals surface area contributed by atoms with Gasteiger partial charge in [-0.05, 0) is 22.6 Å². The molecule has 1 aromatic carbocycles. The number of fused-ring (bicyclic) bond motifs is 1. The molecule has 0 saturated heterocycles. The van der Waals surface area contributed by atoms with Gasteiger partial charge in [0, 0.05) is 12.7 Å². The predicted molar refractivity (Wildman–Crippen MR) is 79.5 cm³/mol. The Morgan fingerprint density at radius 1 is 1.25 bits per heavy atom. The highest BCUT2D eigenvalue weighted by atomic mass is 16.8. The topological polar surface area (TPSA) is 157 Å². The quantitative estimate of drug-likeness (QED) is 0.482. The maximum atomic E-state index is 11.9. The normalized spacial score (nSPS) is 16.3. The van der Waals surface area contributed by atoms with Crippen LogP contribution < -0.4 is 10.2 Å². The molecule has 1 N–H and O–H groups in total. The Bertz CT molecular complexity index is 865. The molecule has 1 aromatic heterocycles. The molecule has 3 rings (SSSR count). The van der Waals surface area contributed by atoms with E-state index in [4.69, 9.17) is 0 Å². The lowest BCUT2D eigenvalue weighted by molar-refractivity contribution is -0.808. The monoisotopic (exact) mass is 332 g/mol. The minimum atomic E-state index is -1.13. The lowest BCUT2D eigenvalue weighted by atomic mass is 9.86. The number of allylic oxidation sites excluding steroid dienone is 2. The molecule has 0 spiro atoms. The number of anilines is 1. The lowest BCUT2D eigenvalue weighted by Gasteiger charge is -2.17. The van der Waals surface area contributed by atoms with Crippen LogP contribution in [0.25, 0.3) is 0 Å². The summed E-state index contributed by atoms with van der Waals surface area (Å²) < 4.78 is 4.44. The maximum Gasteiger partial charge on any atom is 0.318 e. The van der Waals surface area contributed by atoms with Crippen LogP contribution in [0, 0.1) is 25.7 Å². The van der Waals surface area contributed by atoms with Crippen LogP contribution in [-0.4, -0.2) is 27.7 Å². The van der Waals surface area contributed by atoms with Gasteiger partial charge in [0.15, 0.2) is 0 Å². The number of nitrogens with one attached hydrogen (secondary N) is 1. The fourth-order valence-electron chi connectivity index (χ4n) is 2.58. The fraction of sp³-hybridized carbons (Fsp3) is 0.154. The van der Waals surface area contributed by atoms with E-state index < -0.39 is 27.2 Å². The van der Waals surface area contributed by atoms with Gasteiger partial charge in [-0.2, -0.15) is 4.90 Å².